The largest absolute Gasteiger partial charge is 0.472 e. The predicted molar refractivity (Wildman–Crippen MR) is 250 cm³/mol. The minimum absolute atomic E-state index is 0.0299. The molecule has 1 rings (SSSR count). The molecule has 0 saturated heterocycles. The molecule has 0 heterocycles. The Morgan fingerprint density at radius 1 is 0.492 bits per heavy atom. The number of unbranched alkanes of at least 4 members (excludes halogenated alkanes) is 18. The lowest BCUT2D eigenvalue weighted by atomic mass is 9.85. The lowest BCUT2D eigenvalue weighted by Gasteiger charge is -2.43. The lowest BCUT2D eigenvalue weighted by Crippen LogP contribution is -2.64. The molecule has 7 N–H and O–H groups in total. The van der Waals surface area contributed by atoms with Crippen molar-refractivity contribution in [2.24, 2.45) is 0 Å². The van der Waals surface area contributed by atoms with E-state index in [0.717, 1.165) is 57.8 Å². The Labute approximate surface area is 388 Å². The summed E-state index contributed by atoms with van der Waals surface area (Å²) in [7, 11) is -10.7. The molecule has 0 spiro atoms. The zero-order chi connectivity index (χ0) is 48.2. The highest BCUT2D eigenvalue weighted by molar-refractivity contribution is 7.47. The van der Waals surface area contributed by atoms with Crippen LogP contribution in [0, 0.1) is 0 Å². The minimum Gasteiger partial charge on any atom is -0.462 e. The number of aliphatic hydroxyl groups is 4. The van der Waals surface area contributed by atoms with E-state index < -0.39 is 83.5 Å². The summed E-state index contributed by atoms with van der Waals surface area (Å²) >= 11 is 0. The van der Waals surface area contributed by atoms with Crippen molar-refractivity contribution in [3.8, 4) is 0 Å². The van der Waals surface area contributed by atoms with E-state index >= 15 is 0 Å². The second-order valence-electron chi connectivity index (χ2n) is 16.8. The van der Waals surface area contributed by atoms with Crippen molar-refractivity contribution in [3.63, 3.8) is 0 Å². The summed E-state index contributed by atoms with van der Waals surface area (Å²) < 4.78 is 49.3. The highest BCUT2D eigenvalue weighted by Crippen LogP contribution is 2.49. The number of rotatable bonds is 40. The Balaban J connectivity index is 2.63. The number of hydrogen-bond donors (Lipinski definition) is 7. The van der Waals surface area contributed by atoms with Crippen molar-refractivity contribution in [2.75, 3.05) is 13.2 Å². The third kappa shape index (κ3) is 32.4. The van der Waals surface area contributed by atoms with Gasteiger partial charge in [-0.3, -0.25) is 23.2 Å². The molecule has 0 radical (unpaired) electrons. The topological polar surface area (TPSA) is 256 Å². The Morgan fingerprint density at radius 2 is 0.908 bits per heavy atom. The second-order valence-corrected chi connectivity index (χ2v) is 19.4. The van der Waals surface area contributed by atoms with Gasteiger partial charge in [0.15, 0.2) is 6.10 Å². The van der Waals surface area contributed by atoms with E-state index in [1.54, 1.807) is 0 Å². The molecule has 65 heavy (non-hydrogen) atoms. The average Bonchev–Trinajstić information content (AvgIpc) is 3.26. The number of carbonyl (C=O) groups excluding carboxylic acids is 2. The van der Waals surface area contributed by atoms with Crippen LogP contribution in [0.2, 0.25) is 0 Å². The van der Waals surface area contributed by atoms with E-state index in [4.69, 9.17) is 18.5 Å². The van der Waals surface area contributed by atoms with Crippen LogP contribution in [0.1, 0.15) is 181 Å². The maximum Gasteiger partial charge on any atom is 0.472 e. The molecule has 16 nitrogen and oxygen atoms in total. The molecule has 0 aromatic heterocycles. The number of esters is 2. The van der Waals surface area contributed by atoms with Gasteiger partial charge in [0.05, 0.1) is 6.61 Å². The number of hydrogen-bond acceptors (Lipinski definition) is 13. The monoisotopic (exact) mass is 967 g/mol. The molecule has 0 amide bonds. The summed E-state index contributed by atoms with van der Waals surface area (Å²) in [5.74, 6) is -1.28. The van der Waals surface area contributed by atoms with Crippen molar-refractivity contribution in [3.05, 3.63) is 48.6 Å². The lowest BCUT2D eigenvalue weighted by molar-refractivity contribution is -0.216. The molecule has 18 heteroatoms. The van der Waals surface area contributed by atoms with Gasteiger partial charge in [-0.05, 0) is 70.6 Å². The number of allylic oxidation sites excluding steroid dienone is 8. The summed E-state index contributed by atoms with van der Waals surface area (Å²) in [5, 5.41) is 41.2. The van der Waals surface area contributed by atoms with Gasteiger partial charge in [-0.15, -0.1) is 0 Å². The summed E-state index contributed by atoms with van der Waals surface area (Å²) in [6, 6.07) is 0. The number of phosphoric ester groups is 2. The first-order chi connectivity index (χ1) is 31.1. The Kier molecular flexibility index (Phi) is 35.5. The van der Waals surface area contributed by atoms with Crippen LogP contribution < -0.4 is 0 Å². The van der Waals surface area contributed by atoms with Crippen molar-refractivity contribution >= 4 is 27.6 Å². The van der Waals surface area contributed by atoms with Crippen LogP contribution >= 0.6 is 15.6 Å². The first-order valence-electron chi connectivity index (χ1n) is 24.2. The van der Waals surface area contributed by atoms with Gasteiger partial charge in [0.25, 0.3) is 0 Å². The fraction of sp³-hybridized carbons (Fsp3) is 0.787. The fourth-order valence-electron chi connectivity index (χ4n) is 7.09. The molecule has 0 aromatic carbocycles. The number of carbonyl (C=O) groups is 2. The van der Waals surface area contributed by atoms with Gasteiger partial charge in [-0.2, -0.15) is 0 Å². The van der Waals surface area contributed by atoms with E-state index in [2.05, 4.69) is 54.8 Å². The number of phosphoric acid groups is 2. The van der Waals surface area contributed by atoms with Gasteiger partial charge in [0.2, 0.25) is 0 Å². The minimum atomic E-state index is -5.37. The van der Waals surface area contributed by atoms with E-state index in [0.29, 0.717) is 19.3 Å². The quantitative estimate of drug-likeness (QED) is 0.0131. The molecule has 0 aromatic rings. The predicted octanol–water partition coefficient (Wildman–Crippen LogP) is 9.29. The first-order valence-corrected chi connectivity index (χ1v) is 27.2. The van der Waals surface area contributed by atoms with E-state index in [9.17, 15) is 53.8 Å². The van der Waals surface area contributed by atoms with Gasteiger partial charge >= 0.3 is 27.6 Å². The normalized spacial score (nSPS) is 22.0. The summed E-state index contributed by atoms with van der Waals surface area (Å²) in [4.78, 5) is 54.3. The van der Waals surface area contributed by atoms with Crippen LogP contribution in [0.25, 0.3) is 0 Å². The van der Waals surface area contributed by atoms with Crippen LogP contribution in [0.4, 0.5) is 0 Å². The summed E-state index contributed by atoms with van der Waals surface area (Å²) in [5.41, 5.74) is 0. The van der Waals surface area contributed by atoms with Crippen LogP contribution in [0.5, 0.6) is 0 Å². The van der Waals surface area contributed by atoms with Crippen LogP contribution in [-0.4, -0.2) is 103 Å². The van der Waals surface area contributed by atoms with E-state index in [1.807, 2.05) is 12.2 Å². The summed E-state index contributed by atoms with van der Waals surface area (Å²) in [6.45, 7) is 3.05. The Morgan fingerprint density at radius 3 is 1.42 bits per heavy atom. The molecular weight excluding hydrogens is 882 g/mol. The van der Waals surface area contributed by atoms with Gasteiger partial charge < -0.3 is 44.6 Å². The van der Waals surface area contributed by atoms with Crippen LogP contribution in [0.15, 0.2) is 48.6 Å². The zero-order valence-electron chi connectivity index (χ0n) is 39.2. The van der Waals surface area contributed by atoms with Gasteiger partial charge in [-0.1, -0.05) is 146 Å². The average molecular weight is 967 g/mol. The molecule has 5 unspecified atom stereocenters. The Bertz CT molecular complexity index is 1450. The van der Waals surface area contributed by atoms with E-state index in [1.165, 1.54) is 77.0 Å². The molecule has 1 aliphatic rings. The third-order valence-corrected chi connectivity index (χ3v) is 12.4. The van der Waals surface area contributed by atoms with Crippen LogP contribution in [-0.2, 0) is 41.8 Å². The molecular formula is C47H84O16P2. The summed E-state index contributed by atoms with van der Waals surface area (Å²) in [6.07, 6.45) is 27.9. The van der Waals surface area contributed by atoms with Crippen molar-refractivity contribution < 1.29 is 76.9 Å². The van der Waals surface area contributed by atoms with Crippen molar-refractivity contribution in [1.29, 1.82) is 0 Å². The van der Waals surface area contributed by atoms with E-state index in [-0.39, 0.29) is 12.8 Å². The highest BCUT2D eigenvalue weighted by atomic mass is 31.2. The number of ether oxygens (including phenoxy) is 2. The molecule has 1 fully saturated rings. The molecule has 0 aliphatic heterocycles. The smallest absolute Gasteiger partial charge is 0.462 e. The third-order valence-electron chi connectivity index (χ3n) is 10.9. The van der Waals surface area contributed by atoms with Crippen LogP contribution in [0.3, 0.4) is 0 Å². The SMILES string of the molecule is CCCCCCCC/C=C\C/C=C\C/C=C\CCCC(=O)O[C@H](COC(=O)CCCCCCC/C=C\CCCCCCCC)COP(=O)(O)O[C@H]1C(O)C(O)C(O)[C@@H](OP(=O)(O)O)C1O. The van der Waals surface area contributed by atoms with Gasteiger partial charge in [0.1, 0.15) is 43.2 Å². The Hall–Kier alpha value is -2.04. The molecule has 8 atom stereocenters. The maximum absolute atomic E-state index is 13.0. The number of aliphatic hydroxyl groups excluding tert-OH is 4. The zero-order valence-corrected chi connectivity index (χ0v) is 40.9. The fourth-order valence-corrected chi connectivity index (χ4v) is 8.63. The van der Waals surface area contributed by atoms with Gasteiger partial charge in [0, 0.05) is 12.8 Å². The first kappa shape index (κ1) is 61.0. The van der Waals surface area contributed by atoms with Crippen molar-refractivity contribution in [1.82, 2.24) is 0 Å². The van der Waals surface area contributed by atoms with Crippen molar-refractivity contribution in [2.45, 2.75) is 224 Å². The maximum atomic E-state index is 13.0. The molecule has 1 saturated carbocycles. The highest BCUT2D eigenvalue weighted by Gasteiger charge is 2.54. The molecule has 1 aliphatic carbocycles. The standard InChI is InChI=1S/C47H84O16P2/c1-3-5-7-9-11-13-15-17-19-20-22-24-26-28-30-32-34-36-41(49)61-39(37-59-40(48)35-33-31-29-27-25-23-21-18-16-14-12-10-8-6-4-2)38-60-65(57,58)63-47-44(52)42(50)43(51)46(45(47)53)62-64(54,55)56/h17-19,21-22,24,28,30,39,42-47,50-53H,3-16,20,23,25-27,29,31-38H2,1-2H3,(H,57,58)(H2,54,55,56)/b19-17-,21-18-,24-22-,30-28-/t39-,42?,43?,44?,45?,46-,47+/m1/s1. The second kappa shape index (κ2) is 37.9. The molecule has 0 bridgehead atoms. The molecule has 378 valence electrons. The van der Waals surface area contributed by atoms with Gasteiger partial charge in [-0.25, -0.2) is 9.13 Å².